The third-order valence-electron chi connectivity index (χ3n) is 3.50. The van der Waals surface area contributed by atoms with E-state index >= 15 is 0 Å². The summed E-state index contributed by atoms with van der Waals surface area (Å²) in [6, 6.07) is -0.196. The van der Waals surface area contributed by atoms with E-state index in [2.05, 4.69) is 4.99 Å². The molecule has 1 aliphatic rings. The molecule has 0 bridgehead atoms. The van der Waals surface area contributed by atoms with E-state index in [9.17, 15) is 15.0 Å². The number of carbonyl (C=O) groups excluding carboxylic acids is 1. The largest absolute Gasteiger partial charge is 0.511 e. The Morgan fingerprint density at radius 3 is 2.42 bits per heavy atom. The number of aliphatic hydroxyl groups is 2. The first-order chi connectivity index (χ1) is 8.84. The van der Waals surface area contributed by atoms with Crippen LogP contribution in [0.1, 0.15) is 53.4 Å². The van der Waals surface area contributed by atoms with Gasteiger partial charge in [0.2, 0.25) is 0 Å². The highest BCUT2D eigenvalue weighted by Gasteiger charge is 2.34. The maximum Gasteiger partial charge on any atom is 0.168 e. The van der Waals surface area contributed by atoms with E-state index in [-0.39, 0.29) is 29.6 Å². The minimum absolute atomic E-state index is 0.0340. The third-order valence-corrected chi connectivity index (χ3v) is 3.50. The summed E-state index contributed by atoms with van der Waals surface area (Å²) in [5.41, 5.74) is 0.817. The smallest absolute Gasteiger partial charge is 0.168 e. The topological polar surface area (TPSA) is 69.9 Å². The summed E-state index contributed by atoms with van der Waals surface area (Å²) in [5.74, 6) is 0.108. The number of aliphatic imine (C=N–C) groups is 1. The van der Waals surface area contributed by atoms with Gasteiger partial charge in [0.15, 0.2) is 5.78 Å². The predicted octanol–water partition coefficient (Wildman–Crippen LogP) is 2.81. The van der Waals surface area contributed by atoms with Crippen molar-refractivity contribution in [2.75, 3.05) is 6.61 Å². The van der Waals surface area contributed by atoms with Crippen LogP contribution in [0.2, 0.25) is 0 Å². The van der Waals surface area contributed by atoms with Crippen LogP contribution in [-0.2, 0) is 4.79 Å². The lowest BCUT2D eigenvalue weighted by Crippen LogP contribution is -2.29. The zero-order valence-corrected chi connectivity index (χ0v) is 12.4. The number of hydrogen-bond donors (Lipinski definition) is 2. The normalized spacial score (nSPS) is 21.7. The van der Waals surface area contributed by atoms with Crippen LogP contribution >= 0.6 is 0 Å². The quantitative estimate of drug-likeness (QED) is 0.752. The van der Waals surface area contributed by atoms with E-state index in [0.717, 1.165) is 0 Å². The summed E-state index contributed by atoms with van der Waals surface area (Å²) in [4.78, 5) is 16.6. The Bertz CT molecular complexity index is 404. The molecule has 0 heterocycles. The predicted molar refractivity (Wildman–Crippen MR) is 76.6 cm³/mol. The van der Waals surface area contributed by atoms with E-state index in [0.29, 0.717) is 37.0 Å². The summed E-state index contributed by atoms with van der Waals surface area (Å²) in [6.45, 7) is 7.77. The second kappa shape index (κ2) is 6.33. The van der Waals surface area contributed by atoms with Crippen LogP contribution in [-0.4, -0.2) is 34.4 Å². The highest BCUT2D eigenvalue weighted by atomic mass is 16.3. The zero-order chi connectivity index (χ0) is 14.6. The first-order valence-corrected chi connectivity index (χ1v) is 6.97. The van der Waals surface area contributed by atoms with Crippen molar-refractivity contribution in [2.24, 2.45) is 10.4 Å². The number of allylic oxidation sites excluding steroid dienone is 2. The molecule has 0 saturated heterocycles. The molecule has 2 N–H and O–H groups in total. The second-order valence-corrected chi connectivity index (χ2v) is 5.94. The van der Waals surface area contributed by atoms with Gasteiger partial charge >= 0.3 is 0 Å². The Morgan fingerprint density at radius 2 is 2.00 bits per heavy atom. The lowest BCUT2D eigenvalue weighted by atomic mass is 9.75. The standard InChI is InChI=1S/C15H25NO3/c1-5-10(9-17)16-11(6-2)14-12(18)7-15(3,4)8-13(14)19/h10,17-18H,5-9H2,1-4H3/t10-/m0/s1. The van der Waals surface area contributed by atoms with Gasteiger partial charge in [0.05, 0.1) is 18.2 Å². The van der Waals surface area contributed by atoms with Gasteiger partial charge < -0.3 is 10.2 Å². The van der Waals surface area contributed by atoms with E-state index in [1.165, 1.54) is 0 Å². The van der Waals surface area contributed by atoms with Crippen molar-refractivity contribution >= 4 is 11.5 Å². The number of Topliss-reactive ketones (excluding diaryl/α,β-unsaturated/α-hetero) is 1. The van der Waals surface area contributed by atoms with Crippen molar-refractivity contribution < 1.29 is 15.0 Å². The number of nitrogens with zero attached hydrogens (tertiary/aromatic N) is 1. The van der Waals surface area contributed by atoms with Gasteiger partial charge in [0.1, 0.15) is 5.76 Å². The molecule has 0 aromatic heterocycles. The highest BCUT2D eigenvalue weighted by molar-refractivity contribution is 6.23. The van der Waals surface area contributed by atoms with Crippen LogP contribution in [0.5, 0.6) is 0 Å². The number of hydrogen-bond acceptors (Lipinski definition) is 4. The van der Waals surface area contributed by atoms with Gasteiger partial charge in [-0.25, -0.2) is 0 Å². The number of carbonyl (C=O) groups is 1. The maximum absolute atomic E-state index is 12.2. The van der Waals surface area contributed by atoms with Gasteiger partial charge in [-0.1, -0.05) is 27.7 Å². The second-order valence-electron chi connectivity index (χ2n) is 5.94. The van der Waals surface area contributed by atoms with Crippen LogP contribution in [0.15, 0.2) is 16.3 Å². The fourth-order valence-corrected chi connectivity index (χ4v) is 2.43. The molecule has 19 heavy (non-hydrogen) atoms. The van der Waals surface area contributed by atoms with Gasteiger partial charge in [-0.3, -0.25) is 9.79 Å². The lowest BCUT2D eigenvalue weighted by Gasteiger charge is -2.30. The Hall–Kier alpha value is -1.16. The van der Waals surface area contributed by atoms with Gasteiger partial charge in [-0.05, 0) is 18.3 Å². The summed E-state index contributed by atoms with van der Waals surface area (Å²) in [6.07, 6.45) is 2.24. The maximum atomic E-state index is 12.2. The molecule has 0 aromatic carbocycles. The van der Waals surface area contributed by atoms with Crippen LogP contribution in [0.4, 0.5) is 0 Å². The fraction of sp³-hybridized carbons (Fsp3) is 0.733. The Morgan fingerprint density at radius 1 is 1.37 bits per heavy atom. The van der Waals surface area contributed by atoms with Crippen molar-refractivity contribution in [3.63, 3.8) is 0 Å². The number of rotatable bonds is 5. The SMILES string of the molecule is CCC(=N[C@@H](CC)CO)C1=C(O)CC(C)(C)CC1=O. The lowest BCUT2D eigenvalue weighted by molar-refractivity contribution is -0.117. The molecule has 0 spiro atoms. The molecule has 0 aliphatic heterocycles. The molecule has 4 heteroatoms. The first-order valence-electron chi connectivity index (χ1n) is 6.97. The van der Waals surface area contributed by atoms with Crippen molar-refractivity contribution in [3.05, 3.63) is 11.3 Å². The molecule has 0 radical (unpaired) electrons. The summed E-state index contributed by atoms with van der Waals surface area (Å²) in [7, 11) is 0. The number of ketones is 1. The van der Waals surface area contributed by atoms with Crippen molar-refractivity contribution in [1.29, 1.82) is 0 Å². The van der Waals surface area contributed by atoms with Crippen molar-refractivity contribution in [1.82, 2.24) is 0 Å². The number of aliphatic hydroxyl groups excluding tert-OH is 2. The molecule has 108 valence electrons. The van der Waals surface area contributed by atoms with Crippen LogP contribution in [0, 0.1) is 5.41 Å². The molecule has 1 rings (SSSR count). The molecule has 4 nitrogen and oxygen atoms in total. The van der Waals surface area contributed by atoms with Crippen LogP contribution < -0.4 is 0 Å². The van der Waals surface area contributed by atoms with Gasteiger partial charge in [-0.2, -0.15) is 0 Å². The minimum Gasteiger partial charge on any atom is -0.511 e. The average Bonchev–Trinajstić information content (AvgIpc) is 2.31. The van der Waals surface area contributed by atoms with Crippen molar-refractivity contribution in [2.45, 2.75) is 59.4 Å². The monoisotopic (exact) mass is 267 g/mol. The molecule has 0 aromatic rings. The van der Waals surface area contributed by atoms with Gasteiger partial charge in [-0.15, -0.1) is 0 Å². The van der Waals surface area contributed by atoms with Gasteiger partial charge in [0, 0.05) is 18.6 Å². The molecule has 1 atom stereocenters. The Labute approximate surface area is 115 Å². The van der Waals surface area contributed by atoms with E-state index in [1.54, 1.807) is 0 Å². The highest BCUT2D eigenvalue weighted by Crippen LogP contribution is 2.36. The van der Waals surface area contributed by atoms with Crippen LogP contribution in [0.25, 0.3) is 0 Å². The van der Waals surface area contributed by atoms with Crippen LogP contribution in [0.3, 0.4) is 0 Å². The molecular formula is C15H25NO3. The molecule has 0 saturated carbocycles. The first kappa shape index (κ1) is 15.9. The molecular weight excluding hydrogens is 242 g/mol. The van der Waals surface area contributed by atoms with Crippen molar-refractivity contribution in [3.8, 4) is 0 Å². The average molecular weight is 267 g/mol. The van der Waals surface area contributed by atoms with Gasteiger partial charge in [0.25, 0.3) is 0 Å². The molecule has 0 amide bonds. The summed E-state index contributed by atoms with van der Waals surface area (Å²) in [5, 5.41) is 19.4. The molecule has 0 unspecified atom stereocenters. The van der Waals surface area contributed by atoms with E-state index in [1.807, 2.05) is 27.7 Å². The molecule has 0 fully saturated rings. The zero-order valence-electron chi connectivity index (χ0n) is 12.4. The summed E-state index contributed by atoms with van der Waals surface area (Å²) >= 11 is 0. The summed E-state index contributed by atoms with van der Waals surface area (Å²) < 4.78 is 0. The fourth-order valence-electron chi connectivity index (χ4n) is 2.43. The minimum atomic E-state index is -0.196. The molecule has 1 aliphatic carbocycles. The Kier molecular flexibility index (Phi) is 5.29. The van der Waals surface area contributed by atoms with E-state index in [4.69, 9.17) is 0 Å². The Balaban J connectivity index is 3.14. The van der Waals surface area contributed by atoms with E-state index < -0.39 is 0 Å². The third kappa shape index (κ3) is 3.90.